The maximum Gasteiger partial charge on any atom is 0.220 e. The van der Waals surface area contributed by atoms with Gasteiger partial charge in [-0.05, 0) is 25.3 Å². The first-order valence-corrected chi connectivity index (χ1v) is 5.18. The van der Waals surface area contributed by atoms with Crippen molar-refractivity contribution < 1.29 is 9.53 Å². The Labute approximate surface area is 85.2 Å². The molecule has 0 heterocycles. The van der Waals surface area contributed by atoms with Crippen LogP contribution in [0.2, 0.25) is 0 Å². The summed E-state index contributed by atoms with van der Waals surface area (Å²) >= 11 is 0. The molecule has 14 heavy (non-hydrogen) atoms. The van der Waals surface area contributed by atoms with Gasteiger partial charge in [-0.15, -0.1) is 0 Å². The van der Waals surface area contributed by atoms with Gasteiger partial charge < -0.3 is 15.8 Å². The molecule has 0 spiro atoms. The van der Waals surface area contributed by atoms with Gasteiger partial charge in [0.15, 0.2) is 0 Å². The van der Waals surface area contributed by atoms with Crippen LogP contribution in [0.5, 0.6) is 0 Å². The van der Waals surface area contributed by atoms with Crippen LogP contribution in [0.15, 0.2) is 0 Å². The number of nitrogens with one attached hydrogen (secondary N) is 1. The fourth-order valence-corrected chi connectivity index (χ4v) is 1.56. The third kappa shape index (κ3) is 3.27. The van der Waals surface area contributed by atoms with Gasteiger partial charge >= 0.3 is 0 Å². The second-order valence-corrected chi connectivity index (χ2v) is 4.14. The van der Waals surface area contributed by atoms with Crippen molar-refractivity contribution in [2.75, 3.05) is 13.7 Å². The molecule has 1 atom stereocenters. The van der Waals surface area contributed by atoms with Crippen molar-refractivity contribution in [3.63, 3.8) is 0 Å². The Morgan fingerprint density at radius 1 is 1.64 bits per heavy atom. The third-order valence-electron chi connectivity index (χ3n) is 2.73. The number of carbonyl (C=O) groups is 1. The summed E-state index contributed by atoms with van der Waals surface area (Å²) in [6.45, 7) is 2.55. The van der Waals surface area contributed by atoms with Gasteiger partial charge in [0, 0.05) is 19.6 Å². The number of nitrogens with two attached hydrogens (primary N) is 1. The second kappa shape index (κ2) is 5.32. The van der Waals surface area contributed by atoms with E-state index in [0.29, 0.717) is 25.1 Å². The summed E-state index contributed by atoms with van der Waals surface area (Å²) in [5, 5.41) is 2.97. The van der Waals surface area contributed by atoms with E-state index in [4.69, 9.17) is 10.5 Å². The van der Waals surface area contributed by atoms with E-state index in [1.807, 2.05) is 6.92 Å². The third-order valence-corrected chi connectivity index (χ3v) is 2.73. The van der Waals surface area contributed by atoms with E-state index in [0.717, 1.165) is 12.8 Å². The molecule has 0 aromatic rings. The molecule has 0 aliphatic heterocycles. The van der Waals surface area contributed by atoms with Crippen LogP contribution >= 0.6 is 0 Å². The number of rotatable bonds is 5. The molecule has 82 valence electrons. The van der Waals surface area contributed by atoms with Crippen LogP contribution in [-0.4, -0.2) is 31.7 Å². The molecule has 1 aliphatic carbocycles. The summed E-state index contributed by atoms with van der Waals surface area (Å²) in [7, 11) is 1.71. The summed E-state index contributed by atoms with van der Waals surface area (Å²) in [5.41, 5.74) is 5.44. The van der Waals surface area contributed by atoms with Crippen LogP contribution in [0.4, 0.5) is 0 Å². The normalized spacial score (nSPS) is 27.9. The highest BCUT2D eigenvalue weighted by Gasteiger charge is 2.30. The largest absolute Gasteiger partial charge is 0.381 e. The Kier molecular flexibility index (Phi) is 4.35. The summed E-state index contributed by atoms with van der Waals surface area (Å²) < 4.78 is 5.13. The monoisotopic (exact) mass is 200 g/mol. The predicted molar refractivity (Wildman–Crippen MR) is 54.8 cm³/mol. The number of methoxy groups -OCH3 is 1. The molecule has 1 unspecified atom stereocenters. The maximum absolute atomic E-state index is 11.4. The lowest BCUT2D eigenvalue weighted by molar-refractivity contribution is -0.124. The van der Waals surface area contributed by atoms with Gasteiger partial charge in [0.25, 0.3) is 0 Å². The molecule has 1 fully saturated rings. The zero-order valence-corrected chi connectivity index (χ0v) is 8.95. The van der Waals surface area contributed by atoms with Crippen LogP contribution in [-0.2, 0) is 9.53 Å². The highest BCUT2D eigenvalue weighted by Crippen LogP contribution is 2.22. The molecule has 1 rings (SSSR count). The fraction of sp³-hybridized carbons (Fsp3) is 0.900. The van der Waals surface area contributed by atoms with Gasteiger partial charge in [-0.1, -0.05) is 6.92 Å². The molecule has 0 radical (unpaired) electrons. The zero-order chi connectivity index (χ0) is 10.6. The molecule has 1 amide bonds. The molecular weight excluding hydrogens is 180 g/mol. The first-order valence-electron chi connectivity index (χ1n) is 5.18. The minimum absolute atomic E-state index is 0.113. The summed E-state index contributed by atoms with van der Waals surface area (Å²) in [5.74, 6) is 0.385. The topological polar surface area (TPSA) is 64.3 Å². The first kappa shape index (κ1) is 11.5. The molecule has 0 aromatic carbocycles. The lowest BCUT2D eigenvalue weighted by atomic mass is 9.89. The van der Waals surface area contributed by atoms with Gasteiger partial charge in [0.2, 0.25) is 5.91 Å². The molecule has 1 saturated carbocycles. The fourth-order valence-electron chi connectivity index (χ4n) is 1.56. The lowest BCUT2D eigenvalue weighted by Gasteiger charge is -2.34. The SMILES string of the molecule is COC1CC(NC(=O)CC(C)CN)C1. The van der Waals surface area contributed by atoms with E-state index in [1.165, 1.54) is 0 Å². The van der Waals surface area contributed by atoms with Crippen LogP contribution in [0.3, 0.4) is 0 Å². The number of ether oxygens (including phenoxy) is 1. The van der Waals surface area contributed by atoms with Gasteiger partial charge in [0.1, 0.15) is 0 Å². The average molecular weight is 200 g/mol. The van der Waals surface area contributed by atoms with E-state index < -0.39 is 0 Å². The smallest absolute Gasteiger partial charge is 0.220 e. The second-order valence-electron chi connectivity index (χ2n) is 4.14. The Bertz CT molecular complexity index is 191. The number of carbonyl (C=O) groups excluding carboxylic acids is 1. The molecule has 1 aliphatic rings. The molecule has 3 N–H and O–H groups in total. The van der Waals surface area contributed by atoms with Crippen molar-refractivity contribution in [1.82, 2.24) is 5.32 Å². The predicted octanol–water partition coefficient (Wildman–Crippen LogP) is 0.265. The van der Waals surface area contributed by atoms with Crippen molar-refractivity contribution >= 4 is 5.91 Å². The molecule has 0 aromatic heterocycles. The molecule has 4 nitrogen and oxygen atoms in total. The van der Waals surface area contributed by atoms with Gasteiger partial charge in [-0.3, -0.25) is 4.79 Å². The first-order chi connectivity index (χ1) is 6.65. The average Bonchev–Trinajstić information content (AvgIpc) is 2.10. The molecule has 0 saturated heterocycles. The van der Waals surface area contributed by atoms with Crippen LogP contribution in [0, 0.1) is 5.92 Å². The Balaban J connectivity index is 2.10. The Morgan fingerprint density at radius 2 is 2.29 bits per heavy atom. The Morgan fingerprint density at radius 3 is 2.79 bits per heavy atom. The minimum Gasteiger partial charge on any atom is -0.381 e. The van der Waals surface area contributed by atoms with Crippen molar-refractivity contribution in [1.29, 1.82) is 0 Å². The van der Waals surface area contributed by atoms with Crippen LogP contribution in [0.25, 0.3) is 0 Å². The highest BCUT2D eigenvalue weighted by atomic mass is 16.5. The molecule has 4 heteroatoms. The molecule has 0 bridgehead atoms. The lowest BCUT2D eigenvalue weighted by Crippen LogP contribution is -2.47. The van der Waals surface area contributed by atoms with Gasteiger partial charge in [-0.25, -0.2) is 0 Å². The van der Waals surface area contributed by atoms with E-state index >= 15 is 0 Å². The van der Waals surface area contributed by atoms with Crippen molar-refractivity contribution in [2.24, 2.45) is 11.7 Å². The van der Waals surface area contributed by atoms with Gasteiger partial charge in [-0.2, -0.15) is 0 Å². The summed E-state index contributed by atoms with van der Waals surface area (Å²) in [6.07, 6.45) is 2.76. The quantitative estimate of drug-likeness (QED) is 0.669. The zero-order valence-electron chi connectivity index (χ0n) is 8.95. The molecular formula is C10H20N2O2. The van der Waals surface area contributed by atoms with E-state index in [9.17, 15) is 4.79 Å². The minimum atomic E-state index is 0.113. The van der Waals surface area contributed by atoms with Crippen LogP contribution in [0.1, 0.15) is 26.2 Å². The standard InChI is InChI=1S/C10H20N2O2/c1-7(6-11)3-10(13)12-8-4-9(5-8)14-2/h7-9H,3-6,11H2,1-2H3,(H,12,13). The summed E-state index contributed by atoms with van der Waals surface area (Å²) in [6, 6.07) is 0.317. The van der Waals surface area contributed by atoms with Crippen molar-refractivity contribution in [3.8, 4) is 0 Å². The van der Waals surface area contributed by atoms with E-state index in [2.05, 4.69) is 5.32 Å². The van der Waals surface area contributed by atoms with E-state index in [1.54, 1.807) is 7.11 Å². The summed E-state index contributed by atoms with van der Waals surface area (Å²) in [4.78, 5) is 11.4. The Hall–Kier alpha value is -0.610. The van der Waals surface area contributed by atoms with E-state index in [-0.39, 0.29) is 11.8 Å². The van der Waals surface area contributed by atoms with Crippen LogP contribution < -0.4 is 11.1 Å². The van der Waals surface area contributed by atoms with Crippen molar-refractivity contribution in [3.05, 3.63) is 0 Å². The number of hydrogen-bond donors (Lipinski definition) is 2. The highest BCUT2D eigenvalue weighted by molar-refractivity contribution is 5.76. The number of hydrogen-bond acceptors (Lipinski definition) is 3. The number of amides is 1. The maximum atomic E-state index is 11.4. The van der Waals surface area contributed by atoms with Gasteiger partial charge in [0.05, 0.1) is 6.10 Å². The van der Waals surface area contributed by atoms with Crippen molar-refractivity contribution in [2.45, 2.75) is 38.3 Å².